The summed E-state index contributed by atoms with van der Waals surface area (Å²) in [6, 6.07) is -0.237. The molecule has 9 nitrogen and oxygen atoms in total. The molecule has 3 N–H and O–H groups in total. The lowest BCUT2D eigenvalue weighted by Gasteiger charge is -2.31. The maximum Gasteiger partial charge on any atom is 0.325 e. The van der Waals surface area contributed by atoms with Gasteiger partial charge in [-0.1, -0.05) is 5.57 Å². The summed E-state index contributed by atoms with van der Waals surface area (Å²) in [6.45, 7) is 0.392. The lowest BCUT2D eigenvalue weighted by Crippen LogP contribution is -2.46. The molecular weight excluding hydrogens is 352 g/mol. The van der Waals surface area contributed by atoms with Crippen molar-refractivity contribution in [2.24, 2.45) is 0 Å². The number of carbonyl (C=O) groups excluding carboxylic acids is 4. The van der Waals surface area contributed by atoms with E-state index in [1.54, 1.807) is 11.9 Å². The number of hydrogen-bond donors (Lipinski definition) is 3. The molecule has 0 aromatic carbocycles. The Kier molecular flexibility index (Phi) is 7.78. The molecule has 9 heteroatoms. The molecule has 1 aliphatic carbocycles. The summed E-state index contributed by atoms with van der Waals surface area (Å²) in [4.78, 5) is 49.8. The summed E-state index contributed by atoms with van der Waals surface area (Å²) < 4.78 is 4.45. The van der Waals surface area contributed by atoms with Crippen molar-refractivity contribution in [2.75, 3.05) is 40.3 Å². The molecule has 1 unspecified atom stereocenters. The second kappa shape index (κ2) is 10.1. The Morgan fingerprint density at radius 1 is 1.07 bits per heavy atom. The summed E-state index contributed by atoms with van der Waals surface area (Å²) in [5.74, 6) is -1.37. The summed E-state index contributed by atoms with van der Waals surface area (Å²) in [5.41, 5.74) is 1.69. The van der Waals surface area contributed by atoms with E-state index in [0.29, 0.717) is 12.1 Å². The Morgan fingerprint density at radius 2 is 1.81 bits per heavy atom. The third kappa shape index (κ3) is 5.53. The van der Waals surface area contributed by atoms with E-state index in [0.717, 1.165) is 37.7 Å². The number of likely N-dealkylation sites (N-methyl/N-ethyl adjacent to an activating group) is 1. The van der Waals surface area contributed by atoms with Gasteiger partial charge in [-0.3, -0.25) is 19.2 Å². The van der Waals surface area contributed by atoms with Gasteiger partial charge in [-0.25, -0.2) is 0 Å². The Balaban J connectivity index is 2.00. The zero-order valence-corrected chi connectivity index (χ0v) is 15.9. The van der Waals surface area contributed by atoms with E-state index >= 15 is 0 Å². The van der Waals surface area contributed by atoms with Crippen molar-refractivity contribution in [1.29, 1.82) is 0 Å². The molecule has 1 saturated carbocycles. The number of esters is 1. The minimum atomic E-state index is -0.559. The fraction of sp³-hybridized carbons (Fsp3) is 0.667. The molecule has 150 valence electrons. The van der Waals surface area contributed by atoms with Gasteiger partial charge < -0.3 is 25.6 Å². The van der Waals surface area contributed by atoms with Crippen LogP contribution in [0.4, 0.5) is 0 Å². The van der Waals surface area contributed by atoms with E-state index in [1.165, 1.54) is 7.11 Å². The van der Waals surface area contributed by atoms with Gasteiger partial charge in [-0.2, -0.15) is 0 Å². The molecule has 0 aromatic heterocycles. The first-order chi connectivity index (χ1) is 13.0. The Labute approximate surface area is 158 Å². The maximum atomic E-state index is 12.8. The number of methoxy groups -OCH3 is 1. The van der Waals surface area contributed by atoms with Crippen molar-refractivity contribution < 1.29 is 23.9 Å². The summed E-state index contributed by atoms with van der Waals surface area (Å²) in [6.07, 6.45) is 4.33. The third-order valence-corrected chi connectivity index (χ3v) is 4.88. The molecule has 1 aliphatic heterocycles. The Hall–Kier alpha value is -2.42. The van der Waals surface area contributed by atoms with Crippen LogP contribution in [-0.2, 0) is 23.9 Å². The number of amides is 3. The van der Waals surface area contributed by atoms with Gasteiger partial charge >= 0.3 is 5.97 Å². The number of rotatable bonds is 8. The second-order valence-corrected chi connectivity index (χ2v) is 6.68. The first-order valence-electron chi connectivity index (χ1n) is 9.25. The van der Waals surface area contributed by atoms with Crippen LogP contribution in [0, 0.1) is 0 Å². The SMILES string of the molecule is CNCC(=O)N1CCCC1C(C(=O)NCC(=O)NCC(=O)OC)=C1CCC1. The van der Waals surface area contributed by atoms with Gasteiger partial charge in [0.1, 0.15) is 6.54 Å². The van der Waals surface area contributed by atoms with Crippen molar-refractivity contribution in [3.63, 3.8) is 0 Å². The number of likely N-dealkylation sites (tertiary alicyclic amines) is 1. The molecule has 1 heterocycles. The van der Waals surface area contributed by atoms with Gasteiger partial charge in [-0.05, 0) is 39.2 Å². The lowest BCUT2D eigenvalue weighted by molar-refractivity contribution is -0.141. The van der Waals surface area contributed by atoms with Gasteiger partial charge in [0.05, 0.1) is 26.2 Å². The van der Waals surface area contributed by atoms with E-state index in [2.05, 4.69) is 20.7 Å². The van der Waals surface area contributed by atoms with E-state index < -0.39 is 11.9 Å². The minimum absolute atomic E-state index is 0.0268. The Bertz CT molecular complexity index is 625. The fourth-order valence-electron chi connectivity index (χ4n) is 3.35. The number of ether oxygens (including phenoxy) is 1. The van der Waals surface area contributed by atoms with Gasteiger partial charge in [0, 0.05) is 12.1 Å². The van der Waals surface area contributed by atoms with Crippen LogP contribution in [0.25, 0.3) is 0 Å². The van der Waals surface area contributed by atoms with Crippen molar-refractivity contribution in [2.45, 2.75) is 38.1 Å². The van der Waals surface area contributed by atoms with E-state index in [1.807, 2.05) is 0 Å². The highest BCUT2D eigenvalue weighted by atomic mass is 16.5. The van der Waals surface area contributed by atoms with Crippen molar-refractivity contribution >= 4 is 23.7 Å². The van der Waals surface area contributed by atoms with Crippen molar-refractivity contribution in [3.8, 4) is 0 Å². The minimum Gasteiger partial charge on any atom is -0.468 e. The maximum absolute atomic E-state index is 12.8. The Morgan fingerprint density at radius 3 is 2.41 bits per heavy atom. The monoisotopic (exact) mass is 380 g/mol. The topological polar surface area (TPSA) is 117 Å². The number of nitrogens with zero attached hydrogens (tertiary/aromatic N) is 1. The van der Waals surface area contributed by atoms with Gasteiger partial charge in [-0.15, -0.1) is 0 Å². The molecule has 1 saturated heterocycles. The van der Waals surface area contributed by atoms with Gasteiger partial charge in [0.2, 0.25) is 17.7 Å². The molecule has 0 spiro atoms. The molecule has 27 heavy (non-hydrogen) atoms. The average molecular weight is 380 g/mol. The largest absolute Gasteiger partial charge is 0.468 e. The van der Waals surface area contributed by atoms with E-state index in [4.69, 9.17) is 0 Å². The normalized spacial score (nSPS) is 18.5. The van der Waals surface area contributed by atoms with Crippen LogP contribution in [0.1, 0.15) is 32.1 Å². The molecule has 2 rings (SSSR count). The van der Waals surface area contributed by atoms with E-state index in [-0.39, 0.29) is 37.5 Å². The molecule has 0 aromatic rings. The number of hydrogen-bond acceptors (Lipinski definition) is 6. The third-order valence-electron chi connectivity index (χ3n) is 4.88. The second-order valence-electron chi connectivity index (χ2n) is 6.68. The van der Waals surface area contributed by atoms with Crippen LogP contribution < -0.4 is 16.0 Å². The standard InChI is InChI=1S/C18H28N4O5/c1-19-10-15(24)22-8-4-7-13(22)17(12-5-3-6-12)18(26)21-9-14(23)20-11-16(25)27-2/h13,19H,3-11H2,1-2H3,(H,20,23)(H,21,26). The molecule has 3 amide bonds. The van der Waals surface area contributed by atoms with Crippen LogP contribution in [0.15, 0.2) is 11.1 Å². The molecule has 2 aliphatic rings. The predicted molar refractivity (Wildman–Crippen MR) is 97.6 cm³/mol. The number of carbonyl (C=O) groups is 4. The van der Waals surface area contributed by atoms with Crippen LogP contribution in [-0.4, -0.2) is 75.0 Å². The molecular formula is C18H28N4O5. The van der Waals surface area contributed by atoms with Crippen LogP contribution >= 0.6 is 0 Å². The van der Waals surface area contributed by atoms with E-state index in [9.17, 15) is 19.2 Å². The zero-order chi connectivity index (χ0) is 19.8. The first kappa shape index (κ1) is 20.9. The van der Waals surface area contributed by atoms with Crippen LogP contribution in [0.2, 0.25) is 0 Å². The highest BCUT2D eigenvalue weighted by Gasteiger charge is 2.36. The van der Waals surface area contributed by atoms with Crippen molar-refractivity contribution in [3.05, 3.63) is 11.1 Å². The average Bonchev–Trinajstić information content (AvgIpc) is 3.09. The molecule has 2 fully saturated rings. The van der Waals surface area contributed by atoms with Gasteiger partial charge in [0.25, 0.3) is 0 Å². The quantitative estimate of drug-likeness (QED) is 0.371. The molecule has 0 bridgehead atoms. The fourth-order valence-corrected chi connectivity index (χ4v) is 3.35. The smallest absolute Gasteiger partial charge is 0.325 e. The highest BCUT2D eigenvalue weighted by Crippen LogP contribution is 2.35. The predicted octanol–water partition coefficient (Wildman–Crippen LogP) is -0.917. The van der Waals surface area contributed by atoms with Crippen LogP contribution in [0.5, 0.6) is 0 Å². The zero-order valence-electron chi connectivity index (χ0n) is 15.9. The highest BCUT2D eigenvalue weighted by molar-refractivity contribution is 5.98. The molecule has 1 atom stereocenters. The summed E-state index contributed by atoms with van der Waals surface area (Å²) in [7, 11) is 2.95. The summed E-state index contributed by atoms with van der Waals surface area (Å²) in [5, 5.41) is 7.87. The van der Waals surface area contributed by atoms with Crippen molar-refractivity contribution in [1.82, 2.24) is 20.9 Å². The molecule has 0 radical (unpaired) electrons. The first-order valence-corrected chi connectivity index (χ1v) is 9.25. The number of nitrogens with one attached hydrogen (secondary N) is 3. The number of allylic oxidation sites excluding steroid dienone is 1. The van der Waals surface area contributed by atoms with Gasteiger partial charge in [0.15, 0.2) is 0 Å². The summed E-state index contributed by atoms with van der Waals surface area (Å²) >= 11 is 0. The van der Waals surface area contributed by atoms with Crippen LogP contribution in [0.3, 0.4) is 0 Å². The lowest BCUT2D eigenvalue weighted by atomic mass is 9.84.